The van der Waals surface area contributed by atoms with Crippen LogP contribution >= 0.6 is 0 Å². The minimum absolute atomic E-state index is 0.207. The average Bonchev–Trinajstić information content (AvgIpc) is 2.52. The maximum Gasteiger partial charge on any atom is 0.308 e. The smallest absolute Gasteiger partial charge is 0.308 e. The molecule has 1 heterocycles. The molecule has 0 amide bonds. The Kier molecular flexibility index (Phi) is 6.58. The van der Waals surface area contributed by atoms with Gasteiger partial charge in [0.05, 0.1) is 13.0 Å². The molecule has 124 valence electrons. The van der Waals surface area contributed by atoms with Crippen molar-refractivity contribution in [3.63, 3.8) is 0 Å². The van der Waals surface area contributed by atoms with Crippen molar-refractivity contribution in [2.75, 3.05) is 26.7 Å². The highest BCUT2D eigenvalue weighted by Crippen LogP contribution is 2.20. The van der Waals surface area contributed by atoms with Crippen LogP contribution < -0.4 is 10.5 Å². The molecular weight excluding hydrogens is 294 g/mol. The summed E-state index contributed by atoms with van der Waals surface area (Å²) in [6.07, 6.45) is 2.39. The monoisotopic (exact) mass is 321 g/mol. The van der Waals surface area contributed by atoms with Gasteiger partial charge in [0, 0.05) is 25.2 Å². The first kappa shape index (κ1) is 18.3. The number of nitrogens with one attached hydrogen (secondary N) is 1. The molecule has 3 N–H and O–H groups in total. The fourth-order valence-corrected chi connectivity index (χ4v) is 3.67. The van der Waals surface area contributed by atoms with Crippen LogP contribution in [0.3, 0.4) is 0 Å². The molecule has 7 nitrogen and oxygen atoms in total. The van der Waals surface area contributed by atoms with E-state index < -0.39 is 15.7 Å². The molecule has 0 bridgehead atoms. The van der Waals surface area contributed by atoms with E-state index >= 15 is 0 Å². The highest BCUT2D eigenvalue weighted by Gasteiger charge is 2.32. The van der Waals surface area contributed by atoms with E-state index in [1.807, 2.05) is 13.8 Å². The van der Waals surface area contributed by atoms with E-state index in [1.165, 1.54) is 11.4 Å². The van der Waals surface area contributed by atoms with E-state index in [0.717, 1.165) is 0 Å². The second kappa shape index (κ2) is 7.53. The highest BCUT2D eigenvalue weighted by molar-refractivity contribution is 7.87. The van der Waals surface area contributed by atoms with Crippen LogP contribution in [0.2, 0.25) is 0 Å². The van der Waals surface area contributed by atoms with Crippen molar-refractivity contribution >= 4 is 16.2 Å². The molecule has 0 unspecified atom stereocenters. The first-order valence-electron chi connectivity index (χ1n) is 7.39. The lowest BCUT2D eigenvalue weighted by Gasteiger charge is -2.32. The van der Waals surface area contributed by atoms with Gasteiger partial charge < -0.3 is 10.5 Å². The summed E-state index contributed by atoms with van der Waals surface area (Å²) in [4.78, 5) is 11.4. The third kappa shape index (κ3) is 4.91. The molecule has 0 radical (unpaired) electrons. The summed E-state index contributed by atoms with van der Waals surface area (Å²) >= 11 is 0. The summed E-state index contributed by atoms with van der Waals surface area (Å²) in [6.45, 7) is 4.76. The molecule has 1 saturated heterocycles. The highest BCUT2D eigenvalue weighted by atomic mass is 32.2. The van der Waals surface area contributed by atoms with Crippen molar-refractivity contribution in [2.24, 2.45) is 11.7 Å². The number of piperidine rings is 1. The zero-order chi connectivity index (χ0) is 16.1. The number of methoxy groups -OCH3 is 1. The third-order valence-electron chi connectivity index (χ3n) is 4.34. The predicted molar refractivity (Wildman–Crippen MR) is 80.7 cm³/mol. The largest absolute Gasteiger partial charge is 0.469 e. The molecule has 0 saturated carbocycles. The van der Waals surface area contributed by atoms with Crippen LogP contribution in [-0.4, -0.2) is 51.0 Å². The van der Waals surface area contributed by atoms with Crippen molar-refractivity contribution < 1.29 is 17.9 Å². The molecule has 0 aromatic heterocycles. The Morgan fingerprint density at radius 1 is 1.33 bits per heavy atom. The predicted octanol–water partition coefficient (Wildman–Crippen LogP) is 0.223. The van der Waals surface area contributed by atoms with Crippen molar-refractivity contribution in [3.05, 3.63) is 0 Å². The average molecular weight is 321 g/mol. The normalized spacial score (nSPS) is 18.7. The number of esters is 1. The van der Waals surface area contributed by atoms with E-state index in [4.69, 9.17) is 10.5 Å². The molecule has 0 spiro atoms. The fourth-order valence-electron chi connectivity index (χ4n) is 2.32. The standard InChI is InChI=1S/C13H27N3O4S/c1-4-13(14,5-2)10-15-21(18,19)16-8-6-11(7-9-16)12(17)20-3/h11,15H,4-10,14H2,1-3H3. The molecule has 21 heavy (non-hydrogen) atoms. The fraction of sp³-hybridized carbons (Fsp3) is 0.923. The minimum Gasteiger partial charge on any atom is -0.469 e. The van der Waals surface area contributed by atoms with Gasteiger partial charge in [-0.15, -0.1) is 0 Å². The summed E-state index contributed by atoms with van der Waals surface area (Å²) < 4.78 is 33.2. The molecule has 8 heteroatoms. The van der Waals surface area contributed by atoms with Crippen LogP contribution in [0.4, 0.5) is 0 Å². The Bertz CT molecular complexity index is 440. The van der Waals surface area contributed by atoms with E-state index in [2.05, 4.69) is 4.72 Å². The summed E-state index contributed by atoms with van der Waals surface area (Å²) in [5.41, 5.74) is 5.59. The van der Waals surface area contributed by atoms with Crippen molar-refractivity contribution in [2.45, 2.75) is 45.1 Å². The second-order valence-electron chi connectivity index (χ2n) is 5.59. The van der Waals surface area contributed by atoms with Crippen molar-refractivity contribution in [1.82, 2.24) is 9.03 Å². The first-order valence-corrected chi connectivity index (χ1v) is 8.83. The number of carbonyl (C=O) groups is 1. The zero-order valence-corrected chi connectivity index (χ0v) is 13.9. The lowest BCUT2D eigenvalue weighted by atomic mass is 9.95. The topological polar surface area (TPSA) is 102 Å². The van der Waals surface area contributed by atoms with Gasteiger partial charge in [0.2, 0.25) is 0 Å². The van der Waals surface area contributed by atoms with Crippen LogP contribution in [0.1, 0.15) is 39.5 Å². The summed E-state index contributed by atoms with van der Waals surface area (Å²) in [7, 11) is -2.19. The Morgan fingerprint density at radius 3 is 2.29 bits per heavy atom. The van der Waals surface area contributed by atoms with Crippen LogP contribution in [0, 0.1) is 5.92 Å². The van der Waals surface area contributed by atoms with E-state index in [9.17, 15) is 13.2 Å². The van der Waals surface area contributed by atoms with E-state index in [1.54, 1.807) is 0 Å². The SMILES string of the molecule is CCC(N)(CC)CNS(=O)(=O)N1CCC(C(=O)OC)CC1. The van der Waals surface area contributed by atoms with Gasteiger partial charge in [-0.2, -0.15) is 12.7 Å². The Hall–Kier alpha value is -0.700. The molecule has 0 aromatic carbocycles. The van der Waals surface area contributed by atoms with Crippen molar-refractivity contribution in [1.29, 1.82) is 0 Å². The lowest BCUT2D eigenvalue weighted by Crippen LogP contribution is -2.53. The van der Waals surface area contributed by atoms with Gasteiger partial charge >= 0.3 is 5.97 Å². The van der Waals surface area contributed by atoms with E-state index in [-0.39, 0.29) is 18.4 Å². The maximum atomic E-state index is 12.3. The van der Waals surface area contributed by atoms with Gasteiger partial charge in [-0.3, -0.25) is 4.79 Å². The van der Waals surface area contributed by atoms with Crippen LogP contribution in [0.15, 0.2) is 0 Å². The van der Waals surface area contributed by atoms with Gasteiger partial charge in [0.25, 0.3) is 10.2 Å². The number of nitrogens with two attached hydrogens (primary N) is 1. The lowest BCUT2D eigenvalue weighted by molar-refractivity contribution is -0.146. The number of nitrogens with zero attached hydrogens (tertiary/aromatic N) is 1. The molecule has 0 atom stereocenters. The first-order chi connectivity index (χ1) is 9.78. The minimum atomic E-state index is -3.54. The van der Waals surface area contributed by atoms with Gasteiger partial charge in [-0.05, 0) is 25.7 Å². The summed E-state index contributed by atoms with van der Waals surface area (Å²) in [5.74, 6) is -0.473. The molecule has 1 fully saturated rings. The van der Waals surface area contributed by atoms with Gasteiger partial charge in [0.1, 0.15) is 0 Å². The van der Waals surface area contributed by atoms with Gasteiger partial charge in [-0.1, -0.05) is 13.8 Å². The number of rotatable bonds is 7. The Balaban J connectivity index is 2.55. The Morgan fingerprint density at radius 2 is 1.86 bits per heavy atom. The molecule has 1 rings (SSSR count). The number of hydrogen-bond acceptors (Lipinski definition) is 5. The molecular formula is C13H27N3O4S. The van der Waals surface area contributed by atoms with Crippen molar-refractivity contribution in [3.8, 4) is 0 Å². The number of ether oxygens (including phenoxy) is 1. The molecule has 0 aromatic rings. The zero-order valence-electron chi connectivity index (χ0n) is 13.1. The second-order valence-corrected chi connectivity index (χ2v) is 7.35. The molecule has 0 aliphatic carbocycles. The van der Waals surface area contributed by atoms with Gasteiger partial charge in [0.15, 0.2) is 0 Å². The van der Waals surface area contributed by atoms with Crippen LogP contribution in [0.25, 0.3) is 0 Å². The number of hydrogen-bond donors (Lipinski definition) is 2. The third-order valence-corrected chi connectivity index (χ3v) is 5.90. The maximum absolute atomic E-state index is 12.3. The van der Waals surface area contributed by atoms with Crippen LogP contribution in [0.5, 0.6) is 0 Å². The molecule has 1 aliphatic rings. The van der Waals surface area contributed by atoms with Crippen LogP contribution in [-0.2, 0) is 19.7 Å². The molecule has 1 aliphatic heterocycles. The summed E-state index contributed by atoms with van der Waals surface area (Å²) in [6, 6.07) is 0. The summed E-state index contributed by atoms with van der Waals surface area (Å²) in [5, 5.41) is 0. The van der Waals surface area contributed by atoms with Gasteiger partial charge in [-0.25, -0.2) is 4.72 Å². The quantitative estimate of drug-likeness (QED) is 0.653. The Labute approximate surface area is 127 Å². The number of carbonyl (C=O) groups excluding carboxylic acids is 1. The van der Waals surface area contributed by atoms with E-state index in [0.29, 0.717) is 38.8 Å².